The van der Waals surface area contributed by atoms with Gasteiger partial charge in [0.25, 0.3) is 0 Å². The summed E-state index contributed by atoms with van der Waals surface area (Å²) in [6.45, 7) is 0.963. The van der Waals surface area contributed by atoms with Gasteiger partial charge in [0.15, 0.2) is 0 Å². The Morgan fingerprint density at radius 1 is 1.28 bits per heavy atom. The van der Waals surface area contributed by atoms with E-state index in [4.69, 9.17) is 5.73 Å². The summed E-state index contributed by atoms with van der Waals surface area (Å²) < 4.78 is 38.3. The maximum absolute atomic E-state index is 12.8. The monoisotopic (exact) mass is 260 g/mol. The predicted octanol–water partition coefficient (Wildman–Crippen LogP) is 2.13. The summed E-state index contributed by atoms with van der Waals surface area (Å²) in [7, 11) is 0. The van der Waals surface area contributed by atoms with E-state index >= 15 is 0 Å². The first-order valence-corrected chi connectivity index (χ1v) is 4.99. The van der Waals surface area contributed by atoms with Crippen molar-refractivity contribution < 1.29 is 18.0 Å². The molecule has 2 atom stereocenters. The molecule has 1 aromatic rings. The molecule has 0 fully saturated rings. The Morgan fingerprint density at radius 2 is 1.78 bits per heavy atom. The lowest BCUT2D eigenvalue weighted by Gasteiger charge is -2.31. The molecule has 0 aromatic heterocycles. The Kier molecular flexibility index (Phi) is 3.73. The Morgan fingerprint density at radius 3 is 2.11 bits per heavy atom. The van der Waals surface area contributed by atoms with Crippen LogP contribution in [0.25, 0.3) is 0 Å². The Hall–Kier alpha value is -1.92. The van der Waals surface area contributed by atoms with E-state index in [2.05, 4.69) is 5.18 Å². The maximum Gasteiger partial charge on any atom is 0.415 e. The fraction of sp³-hybridized carbons (Fsp3) is 0.364. The highest BCUT2D eigenvalue weighted by molar-refractivity contribution is 5.87. The molecule has 2 N–H and O–H groups in total. The van der Waals surface area contributed by atoms with Gasteiger partial charge in [-0.2, -0.15) is 18.1 Å². The quantitative estimate of drug-likeness (QED) is 0.842. The summed E-state index contributed by atoms with van der Waals surface area (Å²) in [6, 6.07) is 4.36. The zero-order valence-corrected chi connectivity index (χ0v) is 9.44. The molecule has 0 saturated heterocycles. The van der Waals surface area contributed by atoms with E-state index in [-0.39, 0.29) is 5.56 Å². The topological polar surface area (TPSA) is 72.5 Å². The minimum absolute atomic E-state index is 0.000532. The molecular formula is C11H11F3N2O2. The van der Waals surface area contributed by atoms with Gasteiger partial charge in [-0.1, -0.05) is 35.5 Å². The molecule has 1 rings (SSSR count). The molecule has 0 heterocycles. The van der Waals surface area contributed by atoms with Crippen molar-refractivity contribution in [2.45, 2.75) is 24.6 Å². The van der Waals surface area contributed by atoms with Gasteiger partial charge in [0.1, 0.15) is 5.41 Å². The molecule has 0 aliphatic carbocycles. The number of nitroso groups, excluding NO2 is 1. The van der Waals surface area contributed by atoms with Crippen molar-refractivity contribution >= 4 is 5.91 Å². The minimum Gasteiger partial charge on any atom is -0.369 e. The summed E-state index contributed by atoms with van der Waals surface area (Å²) in [6.07, 6.45) is -4.94. The van der Waals surface area contributed by atoms with Crippen molar-refractivity contribution in [3.63, 3.8) is 0 Å². The van der Waals surface area contributed by atoms with Crippen LogP contribution in [-0.2, 0) is 10.2 Å². The number of rotatable bonds is 4. The molecule has 7 heteroatoms. The Labute approximate surface area is 101 Å². The van der Waals surface area contributed by atoms with Crippen LogP contribution in [0.1, 0.15) is 12.5 Å². The number of hydrogen-bond donors (Lipinski definition) is 1. The fourth-order valence-electron chi connectivity index (χ4n) is 1.71. The highest BCUT2D eigenvalue weighted by atomic mass is 19.4. The van der Waals surface area contributed by atoms with E-state index in [1.807, 2.05) is 0 Å². The lowest BCUT2D eigenvalue weighted by atomic mass is 9.75. The van der Waals surface area contributed by atoms with Crippen LogP contribution in [-0.4, -0.2) is 18.1 Å². The van der Waals surface area contributed by atoms with Gasteiger partial charge in [0, 0.05) is 0 Å². The van der Waals surface area contributed by atoms with Gasteiger partial charge < -0.3 is 5.73 Å². The van der Waals surface area contributed by atoms with E-state index < -0.39 is 23.5 Å². The van der Waals surface area contributed by atoms with Crippen molar-refractivity contribution in [1.82, 2.24) is 0 Å². The van der Waals surface area contributed by atoms with Gasteiger partial charge in [0.2, 0.25) is 11.9 Å². The minimum atomic E-state index is -4.94. The number of nitrogens with two attached hydrogens (primary N) is 1. The predicted molar refractivity (Wildman–Crippen MR) is 58.6 cm³/mol. The van der Waals surface area contributed by atoms with Crippen molar-refractivity contribution in [1.29, 1.82) is 0 Å². The van der Waals surface area contributed by atoms with Gasteiger partial charge in [0.05, 0.1) is 0 Å². The molecule has 18 heavy (non-hydrogen) atoms. The van der Waals surface area contributed by atoms with Crippen LogP contribution in [0.4, 0.5) is 13.2 Å². The van der Waals surface area contributed by atoms with Gasteiger partial charge in [-0.25, -0.2) is 0 Å². The first-order valence-electron chi connectivity index (χ1n) is 4.99. The van der Waals surface area contributed by atoms with Crippen LogP contribution in [0.3, 0.4) is 0 Å². The summed E-state index contributed by atoms with van der Waals surface area (Å²) in [5.74, 6) is -1.25. The van der Waals surface area contributed by atoms with Crippen molar-refractivity contribution in [3.05, 3.63) is 40.8 Å². The van der Waals surface area contributed by atoms with Crippen LogP contribution < -0.4 is 5.73 Å². The van der Waals surface area contributed by atoms with Crippen molar-refractivity contribution in [2.75, 3.05) is 0 Å². The lowest BCUT2D eigenvalue weighted by Crippen LogP contribution is -2.53. The van der Waals surface area contributed by atoms with Gasteiger partial charge in [-0.3, -0.25) is 4.79 Å². The van der Waals surface area contributed by atoms with Crippen LogP contribution in [0.2, 0.25) is 0 Å². The number of carbonyl (C=O) groups excluding carboxylic acids is 1. The number of primary amides is 1. The number of carbonyl (C=O) groups is 1. The number of nitrogens with zero attached hydrogens (tertiary/aromatic N) is 1. The first kappa shape index (κ1) is 14.1. The highest BCUT2D eigenvalue weighted by Gasteiger charge is 2.57. The fourth-order valence-corrected chi connectivity index (χ4v) is 1.71. The summed E-state index contributed by atoms with van der Waals surface area (Å²) in [5, 5.41) is 2.05. The SMILES string of the molecule is CC(C(N)=O)(c1ccccc1)C(N=O)C(F)(F)F. The third-order valence-electron chi connectivity index (χ3n) is 2.85. The van der Waals surface area contributed by atoms with Crippen LogP contribution in [0, 0.1) is 4.91 Å². The summed E-state index contributed by atoms with van der Waals surface area (Å²) >= 11 is 0. The second-order valence-corrected chi connectivity index (χ2v) is 3.98. The molecule has 0 spiro atoms. The third-order valence-corrected chi connectivity index (χ3v) is 2.85. The first-order chi connectivity index (χ1) is 8.24. The van der Waals surface area contributed by atoms with E-state index in [9.17, 15) is 22.9 Å². The molecule has 98 valence electrons. The number of alkyl halides is 3. The van der Waals surface area contributed by atoms with E-state index in [0.29, 0.717) is 0 Å². The van der Waals surface area contributed by atoms with E-state index in [1.54, 1.807) is 6.07 Å². The average molecular weight is 260 g/mol. The molecule has 2 unspecified atom stereocenters. The zero-order chi connectivity index (χ0) is 14.0. The van der Waals surface area contributed by atoms with Gasteiger partial charge in [-0.05, 0) is 12.5 Å². The molecule has 0 aliphatic rings. The van der Waals surface area contributed by atoms with Crippen LogP contribution >= 0.6 is 0 Å². The van der Waals surface area contributed by atoms with Gasteiger partial charge in [-0.15, -0.1) is 0 Å². The molecule has 0 radical (unpaired) electrons. The highest BCUT2D eigenvalue weighted by Crippen LogP contribution is 2.38. The van der Waals surface area contributed by atoms with Crippen molar-refractivity contribution in [2.24, 2.45) is 10.9 Å². The van der Waals surface area contributed by atoms with Crippen LogP contribution in [0.15, 0.2) is 35.5 Å². The van der Waals surface area contributed by atoms with Crippen molar-refractivity contribution in [3.8, 4) is 0 Å². The smallest absolute Gasteiger partial charge is 0.369 e. The number of hydrogen-bond acceptors (Lipinski definition) is 3. The Bertz CT molecular complexity index is 447. The van der Waals surface area contributed by atoms with Gasteiger partial charge >= 0.3 is 6.18 Å². The van der Waals surface area contributed by atoms with E-state index in [1.165, 1.54) is 24.3 Å². The maximum atomic E-state index is 12.8. The molecule has 1 aromatic carbocycles. The third kappa shape index (κ3) is 2.34. The number of halogens is 3. The molecule has 0 saturated carbocycles. The Balaban J connectivity index is 3.41. The van der Waals surface area contributed by atoms with E-state index in [0.717, 1.165) is 6.92 Å². The zero-order valence-electron chi connectivity index (χ0n) is 9.44. The standard InChI is InChI=1S/C11H11F3N2O2/c1-10(9(15)17,7-5-3-2-4-6-7)8(16-18)11(12,13)14/h2-6,8H,1H3,(H2,15,17). The molecule has 0 bridgehead atoms. The lowest BCUT2D eigenvalue weighted by molar-refractivity contribution is -0.167. The summed E-state index contributed by atoms with van der Waals surface area (Å²) in [4.78, 5) is 21.9. The molecule has 0 aliphatic heterocycles. The van der Waals surface area contributed by atoms with Crippen LogP contribution in [0.5, 0.6) is 0 Å². The normalized spacial score (nSPS) is 16.7. The second kappa shape index (κ2) is 4.75. The second-order valence-electron chi connectivity index (χ2n) is 3.98. The molecule has 1 amide bonds. The largest absolute Gasteiger partial charge is 0.415 e. The number of amides is 1. The average Bonchev–Trinajstić information content (AvgIpc) is 2.28. The molecule has 4 nitrogen and oxygen atoms in total. The summed E-state index contributed by atoms with van der Waals surface area (Å²) in [5.41, 5.74) is 2.82. The number of benzene rings is 1. The molecular weight excluding hydrogens is 249 g/mol.